The van der Waals surface area contributed by atoms with Crippen LogP contribution in [0.2, 0.25) is 0 Å². The number of hydrogen-bond donors (Lipinski definition) is 2. The molecule has 0 fully saturated rings. The first-order chi connectivity index (χ1) is 8.09. The summed E-state index contributed by atoms with van der Waals surface area (Å²) in [6, 6.07) is 9.90. The molecule has 0 saturated heterocycles. The van der Waals surface area contributed by atoms with Crippen LogP contribution < -0.4 is 11.2 Å². The van der Waals surface area contributed by atoms with Gasteiger partial charge in [0.15, 0.2) is 0 Å². The molecule has 17 heavy (non-hydrogen) atoms. The molecular formula is C12H12N2O3. The molecule has 1 unspecified atom stereocenters. The van der Waals surface area contributed by atoms with Crippen molar-refractivity contribution in [1.82, 2.24) is 9.55 Å². The van der Waals surface area contributed by atoms with E-state index in [9.17, 15) is 14.7 Å². The Kier molecular flexibility index (Phi) is 2.82. The number of benzene rings is 1. The van der Waals surface area contributed by atoms with E-state index in [4.69, 9.17) is 0 Å². The summed E-state index contributed by atoms with van der Waals surface area (Å²) >= 11 is 0. The number of nitrogens with one attached hydrogen (secondary N) is 1. The summed E-state index contributed by atoms with van der Waals surface area (Å²) in [6.07, 6.45) is 0. The second-order valence-electron chi connectivity index (χ2n) is 3.75. The van der Waals surface area contributed by atoms with Crippen LogP contribution in [0.3, 0.4) is 0 Å². The Bertz CT molecular complexity index is 628. The van der Waals surface area contributed by atoms with Gasteiger partial charge in [0.1, 0.15) is 0 Å². The fourth-order valence-corrected chi connectivity index (χ4v) is 1.75. The minimum atomic E-state index is -0.619. The van der Waals surface area contributed by atoms with Crippen LogP contribution in [-0.4, -0.2) is 14.7 Å². The molecule has 0 spiro atoms. The Balaban J connectivity index is 2.56. The van der Waals surface area contributed by atoms with Crippen LogP contribution in [0.25, 0.3) is 0 Å². The number of aromatic amines is 1. The van der Waals surface area contributed by atoms with Crippen molar-refractivity contribution >= 4 is 0 Å². The highest BCUT2D eigenvalue weighted by atomic mass is 16.3. The summed E-state index contributed by atoms with van der Waals surface area (Å²) < 4.78 is 1.14. The summed E-state index contributed by atoms with van der Waals surface area (Å²) in [5.41, 5.74) is -0.354. The first-order valence-corrected chi connectivity index (χ1v) is 5.19. The van der Waals surface area contributed by atoms with E-state index in [1.165, 1.54) is 0 Å². The highest BCUT2D eigenvalue weighted by molar-refractivity contribution is 5.21. The van der Waals surface area contributed by atoms with Gasteiger partial charge < -0.3 is 5.11 Å². The molecule has 1 atom stereocenters. The van der Waals surface area contributed by atoms with E-state index in [1.54, 1.807) is 6.92 Å². The molecule has 2 aromatic rings. The highest BCUT2D eigenvalue weighted by Gasteiger charge is 2.13. The third-order valence-corrected chi connectivity index (χ3v) is 2.63. The van der Waals surface area contributed by atoms with Crippen LogP contribution in [0.5, 0.6) is 5.88 Å². The highest BCUT2D eigenvalue weighted by Crippen LogP contribution is 2.18. The van der Waals surface area contributed by atoms with E-state index >= 15 is 0 Å². The molecule has 0 aliphatic carbocycles. The average molecular weight is 232 g/mol. The zero-order valence-corrected chi connectivity index (χ0v) is 9.25. The zero-order valence-electron chi connectivity index (χ0n) is 9.25. The molecule has 0 aliphatic heterocycles. The predicted octanol–water partition coefficient (Wildman–Crippen LogP) is 0.851. The summed E-state index contributed by atoms with van der Waals surface area (Å²) in [5, 5.41) is 9.65. The number of nitrogens with zero attached hydrogens (tertiary/aromatic N) is 1. The van der Waals surface area contributed by atoms with Crippen molar-refractivity contribution in [2.75, 3.05) is 0 Å². The minimum Gasteiger partial charge on any atom is -0.494 e. The van der Waals surface area contributed by atoms with Crippen molar-refractivity contribution in [2.45, 2.75) is 13.0 Å². The van der Waals surface area contributed by atoms with Crippen molar-refractivity contribution in [1.29, 1.82) is 0 Å². The lowest BCUT2D eigenvalue weighted by Crippen LogP contribution is -2.31. The maximum Gasteiger partial charge on any atom is 0.331 e. The number of H-pyrrole nitrogens is 1. The van der Waals surface area contributed by atoms with Gasteiger partial charge in [-0.05, 0) is 12.5 Å². The molecule has 1 aromatic carbocycles. The number of aromatic hydroxyl groups is 1. The monoisotopic (exact) mass is 232 g/mol. The van der Waals surface area contributed by atoms with Crippen LogP contribution in [0.1, 0.15) is 18.5 Å². The van der Waals surface area contributed by atoms with Crippen molar-refractivity contribution in [2.24, 2.45) is 0 Å². The smallest absolute Gasteiger partial charge is 0.331 e. The molecule has 2 rings (SSSR count). The Morgan fingerprint density at radius 3 is 2.47 bits per heavy atom. The summed E-state index contributed by atoms with van der Waals surface area (Å²) in [5.74, 6) is -0.338. The van der Waals surface area contributed by atoms with E-state index in [0.717, 1.165) is 16.2 Å². The lowest BCUT2D eigenvalue weighted by atomic mass is 10.1. The molecular weight excluding hydrogens is 220 g/mol. The molecule has 5 nitrogen and oxygen atoms in total. The maximum atomic E-state index is 11.6. The standard InChI is InChI=1S/C12H12N2O3/c1-8(9-5-3-2-4-6-9)14-11(16)7-10(15)13-12(14)17/h2-8,16H,1H3,(H,13,15,17). The van der Waals surface area contributed by atoms with E-state index in [0.29, 0.717) is 0 Å². The molecule has 1 aromatic heterocycles. The second-order valence-corrected chi connectivity index (χ2v) is 3.75. The van der Waals surface area contributed by atoms with Gasteiger partial charge in [-0.1, -0.05) is 30.3 Å². The normalized spacial score (nSPS) is 12.3. The van der Waals surface area contributed by atoms with Gasteiger partial charge in [0.25, 0.3) is 5.56 Å². The molecule has 88 valence electrons. The summed E-state index contributed by atoms with van der Waals surface area (Å²) in [7, 11) is 0. The van der Waals surface area contributed by atoms with Crippen LogP contribution >= 0.6 is 0 Å². The third-order valence-electron chi connectivity index (χ3n) is 2.63. The fourth-order valence-electron chi connectivity index (χ4n) is 1.75. The van der Waals surface area contributed by atoms with E-state index in [2.05, 4.69) is 4.98 Å². The molecule has 0 saturated carbocycles. The molecule has 0 bridgehead atoms. The van der Waals surface area contributed by atoms with Crippen LogP contribution in [0, 0.1) is 0 Å². The minimum absolute atomic E-state index is 0.338. The van der Waals surface area contributed by atoms with Crippen molar-refractivity contribution in [3.8, 4) is 5.88 Å². The topological polar surface area (TPSA) is 75.1 Å². The van der Waals surface area contributed by atoms with Gasteiger partial charge in [0.05, 0.1) is 12.1 Å². The number of hydrogen-bond acceptors (Lipinski definition) is 3. The van der Waals surface area contributed by atoms with Crippen LogP contribution in [0.4, 0.5) is 0 Å². The van der Waals surface area contributed by atoms with Gasteiger partial charge >= 0.3 is 5.69 Å². The first kappa shape index (κ1) is 11.2. The molecule has 0 aliphatic rings. The Labute approximate surface area is 97.0 Å². The quantitative estimate of drug-likeness (QED) is 0.806. The zero-order chi connectivity index (χ0) is 12.4. The SMILES string of the molecule is CC(c1ccccc1)n1c(O)cc(=O)[nH]c1=O. The predicted molar refractivity (Wildman–Crippen MR) is 63.2 cm³/mol. The lowest BCUT2D eigenvalue weighted by Gasteiger charge is -2.16. The van der Waals surface area contributed by atoms with Gasteiger partial charge in [-0.25, -0.2) is 4.79 Å². The van der Waals surface area contributed by atoms with Gasteiger partial charge in [-0.3, -0.25) is 14.3 Å². The molecule has 0 amide bonds. The summed E-state index contributed by atoms with van der Waals surface area (Å²) in [4.78, 5) is 24.7. The molecule has 0 radical (unpaired) electrons. The average Bonchev–Trinajstić information content (AvgIpc) is 2.28. The fraction of sp³-hybridized carbons (Fsp3) is 0.167. The van der Waals surface area contributed by atoms with Crippen molar-refractivity contribution in [3.05, 3.63) is 62.8 Å². The largest absolute Gasteiger partial charge is 0.494 e. The van der Waals surface area contributed by atoms with E-state index in [-0.39, 0.29) is 11.9 Å². The third kappa shape index (κ3) is 2.13. The Morgan fingerprint density at radius 2 is 1.88 bits per heavy atom. The lowest BCUT2D eigenvalue weighted by molar-refractivity contribution is 0.389. The van der Waals surface area contributed by atoms with Gasteiger partial charge in [0.2, 0.25) is 5.88 Å². The van der Waals surface area contributed by atoms with Gasteiger partial charge in [-0.2, -0.15) is 0 Å². The van der Waals surface area contributed by atoms with Crippen LogP contribution in [0.15, 0.2) is 46.0 Å². The van der Waals surface area contributed by atoms with Gasteiger partial charge in [-0.15, -0.1) is 0 Å². The summed E-state index contributed by atoms with van der Waals surface area (Å²) in [6.45, 7) is 1.77. The number of rotatable bonds is 2. The van der Waals surface area contributed by atoms with Crippen molar-refractivity contribution in [3.63, 3.8) is 0 Å². The van der Waals surface area contributed by atoms with E-state index in [1.807, 2.05) is 30.3 Å². The molecule has 2 N–H and O–H groups in total. The molecule has 5 heteroatoms. The molecule has 1 heterocycles. The second kappa shape index (κ2) is 4.29. The maximum absolute atomic E-state index is 11.6. The Hall–Kier alpha value is -2.30. The number of aromatic nitrogens is 2. The first-order valence-electron chi connectivity index (χ1n) is 5.19. The van der Waals surface area contributed by atoms with E-state index < -0.39 is 11.2 Å². The Morgan fingerprint density at radius 1 is 1.24 bits per heavy atom. The van der Waals surface area contributed by atoms with Crippen LogP contribution in [-0.2, 0) is 0 Å². The van der Waals surface area contributed by atoms with Gasteiger partial charge in [0, 0.05) is 0 Å². The van der Waals surface area contributed by atoms with Crippen molar-refractivity contribution < 1.29 is 5.11 Å².